The van der Waals surface area contributed by atoms with Crippen LogP contribution in [0.25, 0.3) is 0 Å². The molecule has 0 spiro atoms. The molecule has 0 heterocycles. The molecule has 1 N–H and O–H groups in total. The summed E-state index contributed by atoms with van der Waals surface area (Å²) in [5.41, 5.74) is 0.0697. The molecule has 1 unspecified atom stereocenters. The number of carbonyl (C=O) groups excluding carboxylic acids is 1. The van der Waals surface area contributed by atoms with Crippen LogP contribution in [0.1, 0.15) is 45.4 Å². The van der Waals surface area contributed by atoms with Crippen molar-refractivity contribution >= 4 is 21.8 Å². The van der Waals surface area contributed by atoms with Gasteiger partial charge in [-0.2, -0.15) is 0 Å². The first-order valence-corrected chi connectivity index (χ1v) is 7.17. The number of alkyl halides is 1. The maximum absolute atomic E-state index is 12.0. The average molecular weight is 274 g/mol. The number of nitrogens with one attached hydrogen (secondary N) is 1. The van der Waals surface area contributed by atoms with Gasteiger partial charge >= 0.3 is 0 Å². The van der Waals surface area contributed by atoms with Crippen LogP contribution in [0.2, 0.25) is 0 Å². The number of hydrogen-bond donors (Lipinski definition) is 1. The van der Waals surface area contributed by atoms with Gasteiger partial charge < -0.3 is 5.32 Å². The zero-order valence-electron chi connectivity index (χ0n) is 9.39. The second-order valence-electron chi connectivity index (χ2n) is 5.24. The topological polar surface area (TPSA) is 29.1 Å². The summed E-state index contributed by atoms with van der Waals surface area (Å²) in [6.07, 6.45) is 7.28. The van der Waals surface area contributed by atoms with Crippen LogP contribution in [0.15, 0.2) is 0 Å². The Hall–Kier alpha value is -0.0500. The minimum Gasteiger partial charge on any atom is -0.350 e. The lowest BCUT2D eigenvalue weighted by molar-refractivity contribution is -0.126. The molecule has 2 rings (SSSR count). The molecule has 0 aromatic rings. The molecule has 1 atom stereocenters. The molecule has 2 saturated carbocycles. The third-order valence-electron chi connectivity index (χ3n) is 3.95. The quantitative estimate of drug-likeness (QED) is 0.785. The van der Waals surface area contributed by atoms with E-state index in [2.05, 4.69) is 28.2 Å². The van der Waals surface area contributed by atoms with Crippen LogP contribution >= 0.6 is 15.9 Å². The summed E-state index contributed by atoms with van der Waals surface area (Å²) in [6, 6.07) is 0. The Morgan fingerprint density at radius 3 is 2.53 bits per heavy atom. The maximum atomic E-state index is 12.0. The van der Waals surface area contributed by atoms with E-state index in [-0.39, 0.29) is 17.4 Å². The summed E-state index contributed by atoms with van der Waals surface area (Å²) in [7, 11) is 0. The van der Waals surface area contributed by atoms with E-state index in [1.807, 2.05) is 0 Å². The zero-order valence-corrected chi connectivity index (χ0v) is 11.0. The fourth-order valence-corrected chi connectivity index (χ4v) is 3.23. The fraction of sp³-hybridized carbons (Fsp3) is 0.917. The number of halogens is 1. The van der Waals surface area contributed by atoms with E-state index >= 15 is 0 Å². The molecular weight excluding hydrogens is 254 g/mol. The number of amides is 1. The summed E-state index contributed by atoms with van der Waals surface area (Å²) < 4.78 is 0. The predicted molar refractivity (Wildman–Crippen MR) is 65.0 cm³/mol. The van der Waals surface area contributed by atoms with Gasteiger partial charge in [-0.05, 0) is 31.6 Å². The highest BCUT2D eigenvalue weighted by Crippen LogP contribution is 2.38. The van der Waals surface area contributed by atoms with E-state index in [0.717, 1.165) is 18.2 Å². The number of hydrogen-bond acceptors (Lipinski definition) is 1. The van der Waals surface area contributed by atoms with Gasteiger partial charge in [0.2, 0.25) is 5.91 Å². The minimum atomic E-state index is 0.0697. The molecule has 0 radical (unpaired) electrons. The standard InChI is InChI=1S/C12H20BrNO/c1-9(10-4-5-10)11(15)14-12(8-13)6-2-3-7-12/h9-10H,2-8H2,1H3,(H,14,15). The Labute approximate surface area is 100 Å². The largest absolute Gasteiger partial charge is 0.350 e. The van der Waals surface area contributed by atoms with Gasteiger partial charge in [0, 0.05) is 16.8 Å². The van der Waals surface area contributed by atoms with E-state index in [1.165, 1.54) is 25.7 Å². The van der Waals surface area contributed by atoms with Crippen molar-refractivity contribution in [2.24, 2.45) is 11.8 Å². The summed E-state index contributed by atoms with van der Waals surface area (Å²) >= 11 is 3.55. The third kappa shape index (κ3) is 2.55. The van der Waals surface area contributed by atoms with Gasteiger partial charge in [-0.3, -0.25) is 4.79 Å². The van der Waals surface area contributed by atoms with Crippen molar-refractivity contribution in [1.29, 1.82) is 0 Å². The molecule has 2 fully saturated rings. The third-order valence-corrected chi connectivity index (χ3v) is 5.02. The molecule has 15 heavy (non-hydrogen) atoms. The van der Waals surface area contributed by atoms with Gasteiger partial charge in [0.05, 0.1) is 0 Å². The van der Waals surface area contributed by atoms with Crippen molar-refractivity contribution in [3.8, 4) is 0 Å². The van der Waals surface area contributed by atoms with E-state index in [1.54, 1.807) is 0 Å². The summed E-state index contributed by atoms with van der Waals surface area (Å²) in [6.45, 7) is 2.07. The lowest BCUT2D eigenvalue weighted by atomic mass is 9.97. The van der Waals surface area contributed by atoms with Crippen LogP contribution in [0.3, 0.4) is 0 Å². The highest BCUT2D eigenvalue weighted by atomic mass is 79.9. The molecule has 2 aliphatic rings. The van der Waals surface area contributed by atoms with E-state index in [4.69, 9.17) is 0 Å². The molecular formula is C12H20BrNO. The van der Waals surface area contributed by atoms with Crippen molar-refractivity contribution in [3.05, 3.63) is 0 Å². The smallest absolute Gasteiger partial charge is 0.223 e. The molecule has 2 nitrogen and oxygen atoms in total. The van der Waals surface area contributed by atoms with Crippen molar-refractivity contribution in [1.82, 2.24) is 5.32 Å². The molecule has 3 heteroatoms. The normalized spacial score (nSPS) is 26.3. The van der Waals surface area contributed by atoms with Crippen LogP contribution in [0.5, 0.6) is 0 Å². The Morgan fingerprint density at radius 2 is 2.07 bits per heavy atom. The zero-order chi connectivity index (χ0) is 10.9. The second kappa shape index (κ2) is 4.44. The van der Waals surface area contributed by atoms with Crippen molar-refractivity contribution in [3.63, 3.8) is 0 Å². The van der Waals surface area contributed by atoms with Crippen LogP contribution in [0.4, 0.5) is 0 Å². The molecule has 0 aromatic heterocycles. The molecule has 0 aliphatic heterocycles. The molecule has 0 aromatic carbocycles. The number of carbonyl (C=O) groups is 1. The Balaban J connectivity index is 1.90. The highest BCUT2D eigenvalue weighted by Gasteiger charge is 2.38. The maximum Gasteiger partial charge on any atom is 0.223 e. The predicted octanol–water partition coefficient (Wildman–Crippen LogP) is 2.86. The summed E-state index contributed by atoms with van der Waals surface area (Å²) in [5.74, 6) is 1.17. The monoisotopic (exact) mass is 273 g/mol. The second-order valence-corrected chi connectivity index (χ2v) is 5.80. The van der Waals surface area contributed by atoms with E-state index < -0.39 is 0 Å². The average Bonchev–Trinajstić information content (AvgIpc) is 2.99. The Morgan fingerprint density at radius 1 is 1.47 bits per heavy atom. The number of rotatable bonds is 4. The van der Waals surface area contributed by atoms with Crippen LogP contribution in [-0.4, -0.2) is 16.8 Å². The van der Waals surface area contributed by atoms with Crippen LogP contribution in [0, 0.1) is 11.8 Å². The Kier molecular flexibility index (Phi) is 3.39. The highest BCUT2D eigenvalue weighted by molar-refractivity contribution is 9.09. The molecule has 2 aliphatic carbocycles. The lowest BCUT2D eigenvalue weighted by Crippen LogP contribution is -2.49. The van der Waals surface area contributed by atoms with Gasteiger partial charge in [-0.1, -0.05) is 35.7 Å². The van der Waals surface area contributed by atoms with Crippen LogP contribution in [-0.2, 0) is 4.79 Å². The van der Waals surface area contributed by atoms with Gasteiger partial charge in [-0.15, -0.1) is 0 Å². The first kappa shape index (κ1) is 11.4. The van der Waals surface area contributed by atoms with Gasteiger partial charge in [0.15, 0.2) is 0 Å². The van der Waals surface area contributed by atoms with E-state index in [0.29, 0.717) is 5.92 Å². The first-order chi connectivity index (χ1) is 7.17. The lowest BCUT2D eigenvalue weighted by Gasteiger charge is -2.29. The van der Waals surface area contributed by atoms with Gasteiger partial charge in [0.1, 0.15) is 0 Å². The molecule has 0 bridgehead atoms. The first-order valence-electron chi connectivity index (χ1n) is 6.05. The van der Waals surface area contributed by atoms with E-state index in [9.17, 15) is 4.79 Å². The van der Waals surface area contributed by atoms with Crippen molar-refractivity contribution in [2.45, 2.75) is 51.0 Å². The molecule has 86 valence electrons. The summed E-state index contributed by atoms with van der Waals surface area (Å²) in [5, 5.41) is 4.18. The SMILES string of the molecule is CC(C(=O)NC1(CBr)CCCC1)C1CC1. The van der Waals surface area contributed by atoms with Gasteiger partial charge in [-0.25, -0.2) is 0 Å². The summed E-state index contributed by atoms with van der Waals surface area (Å²) in [4.78, 5) is 12.0. The minimum absolute atomic E-state index is 0.0697. The van der Waals surface area contributed by atoms with Crippen molar-refractivity contribution in [2.75, 3.05) is 5.33 Å². The van der Waals surface area contributed by atoms with Gasteiger partial charge in [0.25, 0.3) is 0 Å². The molecule has 0 saturated heterocycles. The Bertz CT molecular complexity index is 244. The van der Waals surface area contributed by atoms with Crippen molar-refractivity contribution < 1.29 is 4.79 Å². The fourth-order valence-electron chi connectivity index (χ4n) is 2.53. The molecule has 1 amide bonds. The van der Waals surface area contributed by atoms with Crippen LogP contribution < -0.4 is 5.32 Å².